The highest BCUT2D eigenvalue weighted by Crippen LogP contribution is 2.27. The number of ether oxygens (including phenoxy) is 1. The maximum absolute atomic E-state index is 13.1. The molecule has 8 heteroatoms. The van der Waals surface area contributed by atoms with E-state index in [4.69, 9.17) is 9.72 Å². The Bertz CT molecular complexity index is 1350. The van der Waals surface area contributed by atoms with Crippen molar-refractivity contribution >= 4 is 27.0 Å². The Labute approximate surface area is 199 Å². The highest BCUT2D eigenvalue weighted by atomic mass is 32.2. The summed E-state index contributed by atoms with van der Waals surface area (Å²) in [5.74, 6) is 0.312. The van der Waals surface area contributed by atoms with Crippen LogP contribution in [-0.2, 0) is 32.4 Å². The number of nitrogens with zero attached hydrogens (tertiary/aromatic N) is 1. The number of para-hydroxylation sites is 1. The Morgan fingerprint density at radius 3 is 2.38 bits per heavy atom. The number of carbonyl (C=O) groups excluding carboxylic acids is 1. The number of fused-ring (bicyclic) bond motifs is 1. The van der Waals surface area contributed by atoms with Crippen molar-refractivity contribution in [3.05, 3.63) is 95.8 Å². The van der Waals surface area contributed by atoms with Crippen LogP contribution in [0.2, 0.25) is 0 Å². The number of hydrogen-bond donors (Lipinski definition) is 2. The van der Waals surface area contributed by atoms with Crippen LogP contribution in [0.15, 0.2) is 83.8 Å². The van der Waals surface area contributed by atoms with Crippen LogP contribution in [0.3, 0.4) is 0 Å². The Morgan fingerprint density at radius 2 is 1.68 bits per heavy atom. The predicted molar refractivity (Wildman–Crippen MR) is 131 cm³/mol. The monoisotopic (exact) mass is 477 g/mol. The number of nitrogens with one attached hydrogen (secondary N) is 2. The number of rotatable bonds is 10. The average Bonchev–Trinajstić information content (AvgIpc) is 3.27. The van der Waals surface area contributed by atoms with E-state index >= 15 is 0 Å². The first-order valence-corrected chi connectivity index (χ1v) is 12.7. The molecule has 0 fully saturated rings. The van der Waals surface area contributed by atoms with Crippen LogP contribution >= 0.6 is 0 Å². The van der Waals surface area contributed by atoms with Gasteiger partial charge in [0.25, 0.3) is 0 Å². The minimum atomic E-state index is -3.87. The summed E-state index contributed by atoms with van der Waals surface area (Å²) in [5.41, 5.74) is 3.25. The summed E-state index contributed by atoms with van der Waals surface area (Å²) in [7, 11) is -3.87. The third kappa shape index (κ3) is 5.70. The summed E-state index contributed by atoms with van der Waals surface area (Å²) in [6.07, 6.45) is 1.38. The van der Waals surface area contributed by atoms with Gasteiger partial charge in [0.15, 0.2) is 0 Å². The number of aryl methyl sites for hydroxylation is 2. The van der Waals surface area contributed by atoms with Crippen molar-refractivity contribution in [2.24, 2.45) is 0 Å². The summed E-state index contributed by atoms with van der Waals surface area (Å²) in [6, 6.07) is 22.9. The van der Waals surface area contributed by atoms with E-state index in [1.807, 2.05) is 30.3 Å². The SMILES string of the molecule is CCOC(=O)CC(NS(=O)(=O)c1ccccc1)c1cccc2[nH]c(CCc3ccccc3)nc12. The van der Waals surface area contributed by atoms with E-state index in [1.54, 1.807) is 31.2 Å². The summed E-state index contributed by atoms with van der Waals surface area (Å²) in [6.45, 7) is 1.93. The van der Waals surface area contributed by atoms with Crippen molar-refractivity contribution < 1.29 is 17.9 Å². The van der Waals surface area contributed by atoms with Crippen LogP contribution in [0.4, 0.5) is 0 Å². The van der Waals surface area contributed by atoms with Gasteiger partial charge in [-0.25, -0.2) is 18.1 Å². The molecule has 3 aromatic carbocycles. The number of imidazole rings is 1. The number of carbonyl (C=O) groups is 1. The van der Waals surface area contributed by atoms with E-state index in [1.165, 1.54) is 17.7 Å². The molecule has 0 aliphatic heterocycles. The lowest BCUT2D eigenvalue weighted by molar-refractivity contribution is -0.143. The Morgan fingerprint density at radius 1 is 0.971 bits per heavy atom. The zero-order valence-corrected chi connectivity index (χ0v) is 19.7. The molecule has 0 saturated heterocycles. The molecule has 0 bridgehead atoms. The highest BCUT2D eigenvalue weighted by molar-refractivity contribution is 7.89. The van der Waals surface area contributed by atoms with E-state index in [0.29, 0.717) is 17.5 Å². The number of H-pyrrole nitrogens is 1. The van der Waals surface area contributed by atoms with Crippen LogP contribution in [0, 0.1) is 0 Å². The number of aromatic nitrogens is 2. The van der Waals surface area contributed by atoms with Crippen molar-refractivity contribution in [3.8, 4) is 0 Å². The molecule has 1 unspecified atom stereocenters. The predicted octanol–water partition coefficient (Wildman–Crippen LogP) is 4.32. The zero-order chi connectivity index (χ0) is 24.0. The normalized spacial score (nSPS) is 12.5. The molecular formula is C26H27N3O4S. The molecule has 7 nitrogen and oxygen atoms in total. The molecular weight excluding hydrogens is 450 g/mol. The summed E-state index contributed by atoms with van der Waals surface area (Å²) < 4.78 is 33.9. The maximum Gasteiger partial charge on any atom is 0.307 e. The fourth-order valence-corrected chi connectivity index (χ4v) is 5.11. The third-order valence-corrected chi connectivity index (χ3v) is 6.98. The molecule has 176 valence electrons. The van der Waals surface area contributed by atoms with E-state index < -0.39 is 22.0 Å². The second-order valence-corrected chi connectivity index (χ2v) is 9.62. The fourth-order valence-electron chi connectivity index (χ4n) is 3.87. The minimum absolute atomic E-state index is 0.126. The number of aromatic amines is 1. The number of esters is 1. The quantitative estimate of drug-likeness (QED) is 0.331. The lowest BCUT2D eigenvalue weighted by Gasteiger charge is -2.19. The first-order chi connectivity index (χ1) is 16.5. The van der Waals surface area contributed by atoms with Gasteiger partial charge in [-0.15, -0.1) is 0 Å². The lowest BCUT2D eigenvalue weighted by atomic mass is 10.0. The van der Waals surface area contributed by atoms with Crippen LogP contribution in [0.5, 0.6) is 0 Å². The van der Waals surface area contributed by atoms with E-state index in [-0.39, 0.29) is 17.9 Å². The first kappa shape index (κ1) is 23.7. The third-order valence-electron chi connectivity index (χ3n) is 5.49. The molecule has 0 radical (unpaired) electrons. The first-order valence-electron chi connectivity index (χ1n) is 11.2. The van der Waals surface area contributed by atoms with Gasteiger partial charge in [-0.3, -0.25) is 4.79 Å². The minimum Gasteiger partial charge on any atom is -0.466 e. The molecule has 0 aliphatic rings. The van der Waals surface area contributed by atoms with Crippen molar-refractivity contribution in [2.45, 2.75) is 37.1 Å². The van der Waals surface area contributed by atoms with E-state index in [9.17, 15) is 13.2 Å². The second kappa shape index (κ2) is 10.6. The van der Waals surface area contributed by atoms with Gasteiger partial charge in [0, 0.05) is 6.42 Å². The van der Waals surface area contributed by atoms with Gasteiger partial charge in [0.1, 0.15) is 5.82 Å². The Balaban J connectivity index is 1.65. The smallest absolute Gasteiger partial charge is 0.307 e. The molecule has 1 heterocycles. The van der Waals surface area contributed by atoms with Gasteiger partial charge in [-0.05, 0) is 42.7 Å². The molecule has 1 atom stereocenters. The number of sulfonamides is 1. The molecule has 0 amide bonds. The molecule has 0 aliphatic carbocycles. The fraction of sp³-hybridized carbons (Fsp3) is 0.231. The van der Waals surface area contributed by atoms with E-state index in [2.05, 4.69) is 21.8 Å². The molecule has 0 spiro atoms. The summed E-state index contributed by atoms with van der Waals surface area (Å²) in [4.78, 5) is 20.6. The van der Waals surface area contributed by atoms with Crippen LogP contribution in [0.1, 0.15) is 36.3 Å². The Hall–Kier alpha value is -3.49. The average molecular weight is 478 g/mol. The molecule has 2 N–H and O–H groups in total. The maximum atomic E-state index is 13.1. The van der Waals surface area contributed by atoms with Gasteiger partial charge in [-0.2, -0.15) is 0 Å². The Kier molecular flexibility index (Phi) is 7.40. The van der Waals surface area contributed by atoms with Crippen molar-refractivity contribution in [3.63, 3.8) is 0 Å². The summed E-state index contributed by atoms with van der Waals surface area (Å²) >= 11 is 0. The van der Waals surface area contributed by atoms with Crippen LogP contribution in [-0.4, -0.2) is 31.0 Å². The van der Waals surface area contributed by atoms with Gasteiger partial charge in [-0.1, -0.05) is 60.7 Å². The number of benzene rings is 3. The van der Waals surface area contributed by atoms with Gasteiger partial charge in [0.05, 0.1) is 35.0 Å². The topological polar surface area (TPSA) is 101 Å². The van der Waals surface area contributed by atoms with Gasteiger partial charge >= 0.3 is 5.97 Å². The zero-order valence-electron chi connectivity index (χ0n) is 18.9. The van der Waals surface area contributed by atoms with Crippen LogP contribution < -0.4 is 4.72 Å². The highest BCUT2D eigenvalue weighted by Gasteiger charge is 2.26. The van der Waals surface area contributed by atoms with Crippen molar-refractivity contribution in [2.75, 3.05) is 6.61 Å². The van der Waals surface area contributed by atoms with Gasteiger partial charge in [0.2, 0.25) is 10.0 Å². The molecule has 4 aromatic rings. The summed E-state index contributed by atoms with van der Waals surface area (Å²) in [5, 5.41) is 0. The molecule has 34 heavy (non-hydrogen) atoms. The van der Waals surface area contributed by atoms with Gasteiger partial charge < -0.3 is 9.72 Å². The second-order valence-electron chi connectivity index (χ2n) is 7.91. The van der Waals surface area contributed by atoms with E-state index in [0.717, 1.165) is 17.8 Å². The van der Waals surface area contributed by atoms with Crippen molar-refractivity contribution in [1.29, 1.82) is 0 Å². The standard InChI is InChI=1S/C26H27N3O4S/c1-2-33-25(30)18-23(29-34(31,32)20-12-7-4-8-13-20)21-14-9-15-22-26(21)28-24(27-22)17-16-19-10-5-3-6-11-19/h3-15,23,29H,2,16-18H2,1H3,(H,27,28). The molecule has 4 rings (SSSR count). The largest absolute Gasteiger partial charge is 0.466 e. The lowest BCUT2D eigenvalue weighted by Crippen LogP contribution is -2.31. The van der Waals surface area contributed by atoms with Crippen LogP contribution in [0.25, 0.3) is 11.0 Å². The number of hydrogen-bond acceptors (Lipinski definition) is 5. The van der Waals surface area contributed by atoms with Crippen molar-refractivity contribution in [1.82, 2.24) is 14.7 Å². The molecule has 1 aromatic heterocycles. The molecule has 0 saturated carbocycles.